The van der Waals surface area contributed by atoms with E-state index in [0.29, 0.717) is 6.67 Å². The van der Waals surface area contributed by atoms with Crippen LogP contribution in [0.2, 0.25) is 0 Å². The number of aromatic nitrogens is 2. The normalized spacial score (nSPS) is 13.6. The zero-order valence-electron chi connectivity index (χ0n) is 46.0. The van der Waals surface area contributed by atoms with Crippen molar-refractivity contribution >= 4 is 44.6 Å². The molecule has 5 heteroatoms. The Bertz CT molecular complexity index is 3510. The number of anilines is 4. The molecule has 1 aliphatic heterocycles. The van der Waals surface area contributed by atoms with Crippen molar-refractivity contribution in [2.45, 2.75) is 131 Å². The molecule has 0 N–H and O–H groups in total. The molecule has 372 valence electrons. The molecule has 0 saturated carbocycles. The number of para-hydroxylation sites is 2. The summed E-state index contributed by atoms with van der Waals surface area (Å²) < 4.78 is 9.29. The van der Waals surface area contributed by atoms with E-state index in [2.05, 4.69) is 276 Å². The van der Waals surface area contributed by atoms with Crippen LogP contribution in [0.15, 0.2) is 164 Å². The Balaban J connectivity index is 1.06. The summed E-state index contributed by atoms with van der Waals surface area (Å²) in [6.45, 7) is 35.4. The molecular weight excluding hydrogens is 889 g/mol. The van der Waals surface area contributed by atoms with E-state index in [1.54, 1.807) is 0 Å². The van der Waals surface area contributed by atoms with Gasteiger partial charge in [-0.1, -0.05) is 183 Å². The lowest BCUT2D eigenvalue weighted by Gasteiger charge is -2.34. The van der Waals surface area contributed by atoms with E-state index in [1.165, 1.54) is 66.8 Å². The van der Waals surface area contributed by atoms with E-state index in [-0.39, 0.29) is 27.1 Å². The van der Waals surface area contributed by atoms with Gasteiger partial charge in [-0.2, -0.15) is 0 Å². The predicted octanol–water partition coefficient (Wildman–Crippen LogP) is 19.0. The maximum Gasteiger partial charge on any atom is 0.138 e. The standard InChI is InChI=1S/C68H74N4O/c1-64(2,3)47-28-30-54-55-31-29-53(42-61(55)72(60(54)40-47)62-36-45(32-33-69-62)63-56(67(10,11)12)38-49(66(7,8)9)39-57(63)68(13,14)15)73-52-25-21-24-50(41-52)70-43-71(59-27-20-19-26-58(59)70)51-35-46(44-22-17-16-18-23-44)34-48(37-51)65(4,5)6/h16-42H,43H2,1-15H3. The van der Waals surface area contributed by atoms with Gasteiger partial charge in [-0.25, -0.2) is 4.98 Å². The van der Waals surface area contributed by atoms with Crippen LogP contribution in [0, 0.1) is 0 Å². The Morgan fingerprint density at radius 3 is 1.58 bits per heavy atom. The first kappa shape index (κ1) is 49.5. The second kappa shape index (κ2) is 17.8. The van der Waals surface area contributed by atoms with E-state index in [4.69, 9.17) is 9.72 Å². The predicted molar refractivity (Wildman–Crippen MR) is 311 cm³/mol. The molecule has 0 aliphatic carbocycles. The molecule has 1 aliphatic rings. The fourth-order valence-corrected chi connectivity index (χ4v) is 10.5. The SMILES string of the molecule is CC(C)(C)c1cc(-c2ccccc2)cc(N2CN(c3cccc(Oc4ccc5c6ccc(C(C)(C)C)cc6n(-c6cc(-c7c(C(C)(C)C)cc(C(C)(C)C)cc7C(C)(C)C)ccn6)c5c4)c3)c3ccccc32)c1. The third-order valence-electron chi connectivity index (χ3n) is 14.8. The fraction of sp³-hybridized carbons (Fsp3) is 0.309. The quantitative estimate of drug-likeness (QED) is 0.159. The summed E-state index contributed by atoms with van der Waals surface area (Å²) in [6, 6.07) is 58.0. The molecule has 3 heterocycles. The van der Waals surface area contributed by atoms with Gasteiger partial charge in [0.2, 0.25) is 0 Å². The molecule has 7 aromatic carbocycles. The van der Waals surface area contributed by atoms with E-state index in [1.807, 2.05) is 6.20 Å². The lowest BCUT2D eigenvalue weighted by Crippen LogP contribution is -2.24. The van der Waals surface area contributed by atoms with Crippen LogP contribution in [-0.2, 0) is 27.1 Å². The van der Waals surface area contributed by atoms with Gasteiger partial charge in [-0.15, -0.1) is 0 Å². The van der Waals surface area contributed by atoms with Crippen molar-refractivity contribution in [1.82, 2.24) is 9.55 Å². The lowest BCUT2D eigenvalue weighted by atomic mass is 9.71. The van der Waals surface area contributed by atoms with Gasteiger partial charge in [0.15, 0.2) is 0 Å². The smallest absolute Gasteiger partial charge is 0.138 e. The largest absolute Gasteiger partial charge is 0.457 e. The van der Waals surface area contributed by atoms with E-state index in [9.17, 15) is 0 Å². The Labute approximate surface area is 435 Å². The first-order chi connectivity index (χ1) is 34.3. The van der Waals surface area contributed by atoms with Crippen LogP contribution in [0.25, 0.3) is 49.9 Å². The molecule has 9 aromatic rings. The maximum atomic E-state index is 6.93. The molecule has 0 spiro atoms. The van der Waals surface area contributed by atoms with Crippen molar-refractivity contribution in [3.63, 3.8) is 0 Å². The Hall–Kier alpha value is -7.11. The van der Waals surface area contributed by atoms with Crippen LogP contribution in [0.3, 0.4) is 0 Å². The third-order valence-corrected chi connectivity index (χ3v) is 14.8. The summed E-state index contributed by atoms with van der Waals surface area (Å²) in [6.07, 6.45) is 2.00. The number of benzene rings is 7. The van der Waals surface area contributed by atoms with E-state index in [0.717, 1.165) is 45.1 Å². The number of hydrogen-bond acceptors (Lipinski definition) is 4. The summed E-state index contributed by atoms with van der Waals surface area (Å²) in [5.41, 5.74) is 18.1. The van der Waals surface area contributed by atoms with Gasteiger partial charge >= 0.3 is 0 Å². The Morgan fingerprint density at radius 2 is 0.959 bits per heavy atom. The zero-order valence-corrected chi connectivity index (χ0v) is 46.0. The van der Waals surface area contributed by atoms with Crippen LogP contribution in [0.5, 0.6) is 11.5 Å². The number of hydrogen-bond donors (Lipinski definition) is 0. The molecular formula is C68H74N4O. The highest BCUT2D eigenvalue weighted by Crippen LogP contribution is 2.48. The first-order valence-electron chi connectivity index (χ1n) is 26.2. The van der Waals surface area contributed by atoms with Crippen molar-refractivity contribution in [1.29, 1.82) is 0 Å². The van der Waals surface area contributed by atoms with Gasteiger partial charge in [0.1, 0.15) is 24.0 Å². The summed E-state index contributed by atoms with van der Waals surface area (Å²) in [4.78, 5) is 10.0. The number of pyridine rings is 1. The van der Waals surface area contributed by atoms with Crippen LogP contribution < -0.4 is 14.5 Å². The minimum absolute atomic E-state index is 0.00440. The van der Waals surface area contributed by atoms with Gasteiger partial charge in [-0.3, -0.25) is 4.57 Å². The minimum atomic E-state index is -0.0970. The molecule has 0 radical (unpaired) electrons. The number of ether oxygens (including phenoxy) is 1. The van der Waals surface area contributed by atoms with Gasteiger partial charge in [0.05, 0.1) is 22.4 Å². The molecule has 0 atom stereocenters. The fourth-order valence-electron chi connectivity index (χ4n) is 10.5. The molecule has 0 bridgehead atoms. The second-order valence-electron chi connectivity index (χ2n) is 25.6. The molecule has 0 fully saturated rings. The molecule has 73 heavy (non-hydrogen) atoms. The number of nitrogens with zero attached hydrogens (tertiary/aromatic N) is 4. The summed E-state index contributed by atoms with van der Waals surface area (Å²) in [5, 5.41) is 2.34. The first-order valence-corrected chi connectivity index (χ1v) is 26.2. The van der Waals surface area contributed by atoms with Crippen molar-refractivity contribution in [3.05, 3.63) is 192 Å². The van der Waals surface area contributed by atoms with Gasteiger partial charge in [0, 0.05) is 40.5 Å². The monoisotopic (exact) mass is 963 g/mol. The van der Waals surface area contributed by atoms with E-state index >= 15 is 0 Å². The van der Waals surface area contributed by atoms with Gasteiger partial charge in [-0.05, 0) is 144 Å². The second-order valence-corrected chi connectivity index (χ2v) is 25.6. The topological polar surface area (TPSA) is 33.5 Å². The molecule has 10 rings (SSSR count). The van der Waals surface area contributed by atoms with Crippen molar-refractivity contribution in [3.8, 4) is 39.6 Å². The Kier molecular flexibility index (Phi) is 12.1. The van der Waals surface area contributed by atoms with Crippen LogP contribution >= 0.6 is 0 Å². The zero-order chi connectivity index (χ0) is 52.0. The summed E-state index contributed by atoms with van der Waals surface area (Å²) >= 11 is 0. The number of fused-ring (bicyclic) bond motifs is 4. The average Bonchev–Trinajstić information content (AvgIpc) is 3.88. The highest BCUT2D eigenvalue weighted by atomic mass is 16.5. The van der Waals surface area contributed by atoms with Crippen molar-refractivity contribution in [2.24, 2.45) is 0 Å². The lowest BCUT2D eigenvalue weighted by molar-refractivity contribution is 0.483. The molecule has 0 saturated heterocycles. The van der Waals surface area contributed by atoms with E-state index < -0.39 is 0 Å². The van der Waals surface area contributed by atoms with Gasteiger partial charge < -0.3 is 14.5 Å². The molecule has 0 amide bonds. The van der Waals surface area contributed by atoms with Crippen LogP contribution in [-0.4, -0.2) is 16.2 Å². The Morgan fingerprint density at radius 1 is 0.397 bits per heavy atom. The average molecular weight is 963 g/mol. The van der Waals surface area contributed by atoms with Gasteiger partial charge in [0.25, 0.3) is 0 Å². The van der Waals surface area contributed by atoms with Crippen molar-refractivity contribution < 1.29 is 4.74 Å². The van der Waals surface area contributed by atoms with Crippen molar-refractivity contribution in [2.75, 3.05) is 16.5 Å². The molecule has 5 nitrogen and oxygen atoms in total. The molecule has 0 unspecified atom stereocenters. The maximum absolute atomic E-state index is 6.93. The molecule has 2 aromatic heterocycles. The minimum Gasteiger partial charge on any atom is -0.457 e. The highest BCUT2D eigenvalue weighted by Gasteiger charge is 2.32. The van der Waals surface area contributed by atoms with Crippen LogP contribution in [0.1, 0.15) is 132 Å². The summed E-state index contributed by atoms with van der Waals surface area (Å²) in [7, 11) is 0. The third kappa shape index (κ3) is 9.56. The summed E-state index contributed by atoms with van der Waals surface area (Å²) in [5.74, 6) is 2.41. The highest BCUT2D eigenvalue weighted by molar-refractivity contribution is 6.10. The number of rotatable bonds is 7. The van der Waals surface area contributed by atoms with Crippen LogP contribution in [0.4, 0.5) is 22.7 Å².